The van der Waals surface area contributed by atoms with Gasteiger partial charge in [-0.1, -0.05) is 0 Å². The second-order valence-corrected chi connectivity index (χ2v) is 16.4. The van der Waals surface area contributed by atoms with Gasteiger partial charge in [-0.15, -0.1) is 0 Å². The molecule has 33 heteroatoms. The number of rotatable bonds is 36. The van der Waals surface area contributed by atoms with Crippen LogP contribution in [0.5, 0.6) is 0 Å². The van der Waals surface area contributed by atoms with Crippen molar-refractivity contribution in [3.63, 3.8) is 0 Å². The number of nitrogens with two attached hydrogens (primary N) is 2. The van der Waals surface area contributed by atoms with Crippen molar-refractivity contribution in [2.45, 2.75) is 119 Å². The van der Waals surface area contributed by atoms with E-state index in [2.05, 4.69) is 93.0 Å². The smallest absolute Gasteiger partial charge is 0.326 e. The molecule has 0 aromatic heterocycles. The van der Waals surface area contributed by atoms with E-state index in [0.717, 1.165) is 0 Å². The highest BCUT2D eigenvalue weighted by Crippen LogP contribution is 2.07. The van der Waals surface area contributed by atoms with Gasteiger partial charge in [-0.25, -0.2) is 19.2 Å². The van der Waals surface area contributed by atoms with Gasteiger partial charge in [0.1, 0.15) is 54.4 Å². The Hall–Kier alpha value is -6.06. The molecule has 9 atom stereocenters. The fourth-order valence-electron chi connectivity index (χ4n) is 5.48. The Kier molecular flexibility index (Phi) is 30.6. The Morgan fingerprint density at radius 3 is 0.729 bits per heavy atom. The molecule has 0 unspecified atom stereocenters. The summed E-state index contributed by atoms with van der Waals surface area (Å²) in [5.74, 6) is -17.7. The maximum atomic E-state index is 13.0. The van der Waals surface area contributed by atoms with Crippen molar-refractivity contribution in [2.75, 3.05) is 23.0 Å². The first kappa shape index (κ1) is 63.9. The lowest BCUT2D eigenvalue weighted by atomic mass is 10.1. The summed E-state index contributed by atoms with van der Waals surface area (Å²) < 4.78 is 0. The van der Waals surface area contributed by atoms with E-state index >= 15 is 0 Å². The molecule has 0 aliphatic heterocycles. The molecule has 0 saturated carbocycles. The van der Waals surface area contributed by atoms with E-state index in [1.54, 1.807) is 0 Å². The largest absolute Gasteiger partial charge is 0.480 e. The molecule has 0 aliphatic carbocycles. The van der Waals surface area contributed by atoms with E-state index in [4.69, 9.17) is 16.6 Å². The molecule has 0 aromatic rings. The van der Waals surface area contributed by atoms with Gasteiger partial charge in [0.15, 0.2) is 0 Å². The number of primary amides is 1. The Balaban J connectivity index is 5.34. The maximum absolute atomic E-state index is 13.0. The van der Waals surface area contributed by atoms with Gasteiger partial charge in [0, 0.05) is 55.1 Å². The van der Waals surface area contributed by atoms with E-state index in [9.17, 15) is 87.5 Å². The summed E-state index contributed by atoms with van der Waals surface area (Å²) in [6.07, 6.45) is -4.89. The molecular formula is C37H58N10O19S4. The highest BCUT2D eigenvalue weighted by molar-refractivity contribution is 7.80. The Bertz CT molecular complexity index is 1940. The SMILES string of the molecule is NC(=O)CC[C@H](NC(=O)[C@H](CS)NC(=O)CC[C@H](NC(=O)[C@H](CS)NC(=O)CC[C@H](NC(=O)[C@H](CS)NC(=O)CC[C@H](NC(=O)[C@H](CS)NC(=O)CC[C@H](N)C(=O)O)C(=O)O)C(=O)O)C(=O)O)C(=O)O. The number of nitrogens with one attached hydrogen (secondary N) is 8. The molecule has 0 bridgehead atoms. The normalized spacial score (nSPS) is 14.6. The molecular weight excluding hydrogens is 1020 g/mol. The van der Waals surface area contributed by atoms with E-state index < -0.39 is 187 Å². The highest BCUT2D eigenvalue weighted by atomic mass is 32.1. The molecule has 9 amide bonds. The molecule has 0 rings (SSSR count). The highest BCUT2D eigenvalue weighted by Gasteiger charge is 2.32. The first-order valence-corrected chi connectivity index (χ1v) is 23.2. The minimum absolute atomic E-state index is 0.262. The zero-order valence-electron chi connectivity index (χ0n) is 37.0. The lowest BCUT2D eigenvalue weighted by Gasteiger charge is -2.22. The van der Waals surface area contributed by atoms with Crippen molar-refractivity contribution in [3.8, 4) is 0 Å². The number of carbonyl (C=O) groups excluding carboxylic acids is 9. The first-order valence-electron chi connectivity index (χ1n) is 20.7. The standard InChI is InChI=1S/C37H58N10O19S4/c38-15(33(57)58)1-7-25(49)40-20(11-67)30(54)45-17(35(61)62)3-9-27(51)42-22(13-69)32(56)47-19(37(65)66)5-10-28(52)43-23(14-70)31(55)46-18(36(63)64)4-8-26(50)41-21(12-68)29(53)44-16(34(59)60)2-6-24(39)48/h15-23,67-70H,1-14,38H2,(H2,39,48)(H,40,49)(H,41,50)(H,42,51)(H,43,52)(H,44,53)(H,45,54)(H,46,55)(H,47,56)(H,57,58)(H,59,60)(H,61,62)(H,63,64)(H,65,66)/t15-,16-,17-,18-,19-,20-,21-,22-,23-/m0/s1. The maximum Gasteiger partial charge on any atom is 0.326 e. The summed E-state index contributed by atoms with van der Waals surface area (Å²) in [6.45, 7) is 0. The zero-order valence-corrected chi connectivity index (χ0v) is 40.6. The summed E-state index contributed by atoms with van der Waals surface area (Å²) in [6, 6.07) is -13.9. The summed E-state index contributed by atoms with van der Waals surface area (Å²) in [5, 5.41) is 64.7. The molecule has 70 heavy (non-hydrogen) atoms. The summed E-state index contributed by atoms with van der Waals surface area (Å²) in [7, 11) is 0. The molecule has 0 aromatic carbocycles. The molecule has 0 radical (unpaired) electrons. The quantitative estimate of drug-likeness (QED) is 0.0260. The van der Waals surface area contributed by atoms with Crippen molar-refractivity contribution in [3.05, 3.63) is 0 Å². The number of hydrogen-bond acceptors (Lipinski definition) is 19. The first-order chi connectivity index (χ1) is 32.7. The molecule has 0 fully saturated rings. The van der Waals surface area contributed by atoms with Gasteiger partial charge in [0.2, 0.25) is 53.2 Å². The number of hydrogen-bond donors (Lipinski definition) is 19. The van der Waals surface area contributed by atoms with Gasteiger partial charge in [-0.3, -0.25) is 47.9 Å². The average molecular weight is 1080 g/mol. The lowest BCUT2D eigenvalue weighted by Crippen LogP contribution is -2.54. The minimum Gasteiger partial charge on any atom is -0.480 e. The Morgan fingerprint density at radius 2 is 0.543 bits per heavy atom. The van der Waals surface area contributed by atoms with Crippen molar-refractivity contribution < 1.29 is 92.7 Å². The van der Waals surface area contributed by atoms with Gasteiger partial charge in [-0.2, -0.15) is 50.5 Å². The van der Waals surface area contributed by atoms with E-state index in [1.807, 2.05) is 0 Å². The van der Waals surface area contributed by atoms with Crippen LogP contribution < -0.4 is 54.0 Å². The fourth-order valence-corrected chi connectivity index (χ4v) is 6.51. The topological polar surface area (TPSA) is 488 Å². The predicted octanol–water partition coefficient (Wildman–Crippen LogP) is -6.28. The summed E-state index contributed by atoms with van der Waals surface area (Å²) in [5.41, 5.74) is 10.4. The van der Waals surface area contributed by atoms with E-state index in [-0.39, 0.29) is 37.2 Å². The average Bonchev–Trinajstić information content (AvgIpc) is 3.29. The van der Waals surface area contributed by atoms with Gasteiger partial charge in [0.05, 0.1) is 0 Å². The third kappa shape index (κ3) is 25.5. The van der Waals surface area contributed by atoms with Crippen LogP contribution in [0.25, 0.3) is 0 Å². The molecule has 17 N–H and O–H groups in total. The van der Waals surface area contributed by atoms with Crippen molar-refractivity contribution in [2.24, 2.45) is 11.5 Å². The molecule has 0 aliphatic rings. The zero-order chi connectivity index (χ0) is 53.8. The van der Waals surface area contributed by atoms with Crippen LogP contribution in [0.4, 0.5) is 0 Å². The third-order valence-corrected chi connectivity index (χ3v) is 10.9. The number of carbonyl (C=O) groups is 14. The number of amides is 9. The monoisotopic (exact) mass is 1070 g/mol. The number of carboxylic acids is 5. The molecule has 0 heterocycles. The second kappa shape index (κ2) is 33.5. The molecule has 394 valence electrons. The van der Waals surface area contributed by atoms with Crippen LogP contribution in [0, 0.1) is 0 Å². The van der Waals surface area contributed by atoms with Crippen molar-refractivity contribution in [1.82, 2.24) is 42.5 Å². The predicted molar refractivity (Wildman–Crippen MR) is 252 cm³/mol. The number of aliphatic carboxylic acids is 5. The minimum atomic E-state index is -1.77. The molecule has 0 spiro atoms. The van der Waals surface area contributed by atoms with Crippen molar-refractivity contribution >= 4 is 134 Å². The van der Waals surface area contributed by atoms with E-state index in [1.165, 1.54) is 0 Å². The van der Waals surface area contributed by atoms with Gasteiger partial charge in [-0.05, 0) is 32.1 Å². The van der Waals surface area contributed by atoms with Crippen LogP contribution in [0.2, 0.25) is 0 Å². The summed E-state index contributed by atoms with van der Waals surface area (Å²) in [4.78, 5) is 171. The third-order valence-electron chi connectivity index (χ3n) is 9.45. The van der Waals surface area contributed by atoms with Crippen LogP contribution in [0.1, 0.15) is 64.2 Å². The Labute approximate surface area is 420 Å². The van der Waals surface area contributed by atoms with Crippen LogP contribution in [0.15, 0.2) is 0 Å². The van der Waals surface area contributed by atoms with Crippen molar-refractivity contribution in [1.29, 1.82) is 0 Å². The second-order valence-electron chi connectivity index (χ2n) is 14.9. The lowest BCUT2D eigenvalue weighted by molar-refractivity contribution is -0.143. The molecule has 29 nitrogen and oxygen atoms in total. The van der Waals surface area contributed by atoms with Crippen LogP contribution in [-0.4, -0.2) is 186 Å². The van der Waals surface area contributed by atoms with Gasteiger partial charge < -0.3 is 79.5 Å². The molecule has 0 saturated heterocycles. The van der Waals surface area contributed by atoms with Gasteiger partial charge >= 0.3 is 29.8 Å². The number of carboxylic acid groups (broad SMARTS) is 5. The fraction of sp³-hybridized carbons (Fsp3) is 0.622. The van der Waals surface area contributed by atoms with E-state index in [0.29, 0.717) is 0 Å². The van der Waals surface area contributed by atoms with Crippen LogP contribution in [-0.2, 0) is 67.1 Å². The summed E-state index contributed by atoms with van der Waals surface area (Å²) >= 11 is 15.9. The Morgan fingerprint density at radius 1 is 0.329 bits per heavy atom. The van der Waals surface area contributed by atoms with Crippen LogP contribution >= 0.6 is 50.5 Å². The number of thiol groups is 4. The van der Waals surface area contributed by atoms with Gasteiger partial charge in [0.25, 0.3) is 0 Å². The van der Waals surface area contributed by atoms with Crippen LogP contribution in [0.3, 0.4) is 0 Å².